The van der Waals surface area contributed by atoms with Crippen molar-refractivity contribution >= 4 is 5.91 Å². The Morgan fingerprint density at radius 3 is 2.40 bits per heavy atom. The number of carbonyl (C=O) groups excluding carboxylic acids is 1. The molecule has 0 bridgehead atoms. The Bertz CT molecular complexity index is 1350. The molecule has 0 unspecified atom stereocenters. The van der Waals surface area contributed by atoms with E-state index in [2.05, 4.69) is 77.3 Å². The molecule has 1 saturated carbocycles. The van der Waals surface area contributed by atoms with Gasteiger partial charge in [-0.3, -0.25) is 14.9 Å². The molecule has 1 amide bonds. The molecule has 2 aliphatic heterocycles. The van der Waals surface area contributed by atoms with Crippen LogP contribution in [0.15, 0.2) is 48.8 Å². The van der Waals surface area contributed by atoms with Crippen molar-refractivity contribution in [2.75, 3.05) is 32.7 Å². The fourth-order valence-electron chi connectivity index (χ4n) is 6.91. The van der Waals surface area contributed by atoms with Crippen molar-refractivity contribution in [3.63, 3.8) is 0 Å². The minimum absolute atomic E-state index is 0.147. The number of H-pyrrole nitrogens is 1. The summed E-state index contributed by atoms with van der Waals surface area (Å²) in [7, 11) is 0. The van der Waals surface area contributed by atoms with Crippen molar-refractivity contribution in [3.8, 4) is 11.3 Å². The third kappa shape index (κ3) is 4.99. The lowest BCUT2D eigenvalue weighted by molar-refractivity contribution is -0.136. The largest absolute Gasteiger partial charge is 0.380 e. The van der Waals surface area contributed by atoms with E-state index >= 15 is 0 Å². The molecule has 40 heavy (non-hydrogen) atoms. The van der Waals surface area contributed by atoms with E-state index in [1.165, 1.54) is 18.4 Å². The van der Waals surface area contributed by atoms with Crippen LogP contribution in [-0.2, 0) is 10.4 Å². The number of hydrogen-bond donors (Lipinski definition) is 2. The molecule has 3 fully saturated rings. The second-order valence-corrected chi connectivity index (χ2v) is 13.1. The Labute approximate surface area is 238 Å². The molecule has 2 saturated heterocycles. The highest BCUT2D eigenvalue weighted by Gasteiger charge is 2.56. The zero-order valence-electron chi connectivity index (χ0n) is 24.4. The molecule has 2 N–H and O–H groups in total. The van der Waals surface area contributed by atoms with E-state index in [9.17, 15) is 9.90 Å². The van der Waals surface area contributed by atoms with Gasteiger partial charge in [-0.2, -0.15) is 5.10 Å². The topological polar surface area (TPSA) is 85.3 Å². The summed E-state index contributed by atoms with van der Waals surface area (Å²) in [5, 5.41) is 20.7. The summed E-state index contributed by atoms with van der Waals surface area (Å²) in [6.07, 6.45) is 8.21. The number of amides is 1. The molecular weight excluding hydrogens is 498 g/mol. The number of carbonyl (C=O) groups is 1. The van der Waals surface area contributed by atoms with Crippen molar-refractivity contribution in [2.45, 2.75) is 70.8 Å². The summed E-state index contributed by atoms with van der Waals surface area (Å²) in [5.41, 5.74) is 4.34. The van der Waals surface area contributed by atoms with E-state index < -0.39 is 5.60 Å². The zero-order valence-corrected chi connectivity index (χ0v) is 24.4. The lowest BCUT2D eigenvalue weighted by Crippen LogP contribution is -2.65. The number of likely N-dealkylation sites (tertiary alicyclic amines) is 2. The summed E-state index contributed by atoms with van der Waals surface area (Å²) in [6, 6.07) is 12.7. The van der Waals surface area contributed by atoms with Gasteiger partial charge in [0.05, 0.1) is 5.69 Å². The molecule has 212 valence electrons. The first-order valence-electron chi connectivity index (χ1n) is 15.0. The van der Waals surface area contributed by atoms with E-state index in [-0.39, 0.29) is 11.3 Å². The van der Waals surface area contributed by atoms with Crippen LogP contribution in [0.1, 0.15) is 87.6 Å². The van der Waals surface area contributed by atoms with Crippen LogP contribution in [-0.4, -0.2) is 68.7 Å². The van der Waals surface area contributed by atoms with Crippen LogP contribution < -0.4 is 0 Å². The first-order valence-corrected chi connectivity index (χ1v) is 15.0. The normalized spacial score (nSPS) is 21.3. The van der Waals surface area contributed by atoms with E-state index in [4.69, 9.17) is 0 Å². The number of nitrogens with one attached hydrogen (secondary N) is 1. The minimum Gasteiger partial charge on any atom is -0.380 e. The van der Waals surface area contributed by atoms with E-state index in [0.717, 1.165) is 79.6 Å². The second-order valence-electron chi connectivity index (χ2n) is 13.1. The fraction of sp³-hybridized carbons (Fsp3) is 0.545. The molecule has 7 heteroatoms. The van der Waals surface area contributed by atoms with Gasteiger partial charge < -0.3 is 14.9 Å². The van der Waals surface area contributed by atoms with E-state index in [1.54, 1.807) is 6.92 Å². The molecule has 4 heterocycles. The zero-order chi connectivity index (χ0) is 28.1. The molecule has 1 atom stereocenters. The van der Waals surface area contributed by atoms with Gasteiger partial charge in [0.25, 0.3) is 0 Å². The molecule has 1 aliphatic carbocycles. The fourth-order valence-corrected chi connectivity index (χ4v) is 6.91. The van der Waals surface area contributed by atoms with Gasteiger partial charge in [0.1, 0.15) is 5.60 Å². The third-order valence-electron chi connectivity index (χ3n) is 9.66. The quantitative estimate of drug-likeness (QED) is 0.405. The summed E-state index contributed by atoms with van der Waals surface area (Å²) < 4.78 is 0. The highest BCUT2D eigenvalue weighted by Crippen LogP contribution is 2.51. The van der Waals surface area contributed by atoms with Gasteiger partial charge in [0.2, 0.25) is 5.91 Å². The van der Waals surface area contributed by atoms with Gasteiger partial charge in [-0.25, -0.2) is 0 Å². The van der Waals surface area contributed by atoms with Crippen LogP contribution in [0.3, 0.4) is 0 Å². The number of benzene rings is 1. The predicted molar refractivity (Wildman–Crippen MR) is 157 cm³/mol. The average Bonchev–Trinajstić information content (AvgIpc) is 3.63. The Morgan fingerprint density at radius 2 is 1.77 bits per heavy atom. The number of pyridine rings is 1. The summed E-state index contributed by atoms with van der Waals surface area (Å²) in [6.45, 7) is 12.7. The highest BCUT2D eigenvalue weighted by atomic mass is 16.3. The minimum atomic E-state index is -1.18. The van der Waals surface area contributed by atoms with Crippen LogP contribution in [0.5, 0.6) is 0 Å². The smallest absolute Gasteiger partial charge is 0.219 e. The Kier molecular flexibility index (Phi) is 7.07. The van der Waals surface area contributed by atoms with Crippen LogP contribution in [0.4, 0.5) is 0 Å². The number of hydrogen-bond acceptors (Lipinski definition) is 5. The third-order valence-corrected chi connectivity index (χ3v) is 9.66. The number of aromatic amines is 1. The average molecular weight is 542 g/mol. The van der Waals surface area contributed by atoms with E-state index in [0.29, 0.717) is 11.8 Å². The van der Waals surface area contributed by atoms with Crippen molar-refractivity contribution in [1.29, 1.82) is 0 Å². The van der Waals surface area contributed by atoms with Crippen molar-refractivity contribution in [3.05, 3.63) is 71.2 Å². The number of rotatable bonds is 8. The van der Waals surface area contributed by atoms with Crippen molar-refractivity contribution in [2.24, 2.45) is 11.3 Å². The molecule has 6 rings (SSSR count). The summed E-state index contributed by atoms with van der Waals surface area (Å²) >= 11 is 0. The monoisotopic (exact) mass is 541 g/mol. The first kappa shape index (κ1) is 27.2. The van der Waals surface area contributed by atoms with Gasteiger partial charge in [0, 0.05) is 80.2 Å². The Hall–Kier alpha value is -3.03. The van der Waals surface area contributed by atoms with Crippen molar-refractivity contribution < 1.29 is 9.90 Å². The van der Waals surface area contributed by atoms with Crippen LogP contribution in [0.2, 0.25) is 0 Å². The van der Waals surface area contributed by atoms with Gasteiger partial charge in [-0.1, -0.05) is 45.0 Å². The first-order chi connectivity index (χ1) is 19.2. The molecule has 1 aromatic carbocycles. The molecular formula is C33H43N5O2. The Balaban J connectivity index is 1.30. The van der Waals surface area contributed by atoms with Gasteiger partial charge in [-0.05, 0) is 60.8 Å². The Morgan fingerprint density at radius 1 is 1.07 bits per heavy atom. The lowest BCUT2D eigenvalue weighted by Gasteiger charge is -2.57. The second kappa shape index (κ2) is 10.4. The van der Waals surface area contributed by atoms with Crippen LogP contribution >= 0.6 is 0 Å². The van der Waals surface area contributed by atoms with Gasteiger partial charge in [0.15, 0.2) is 0 Å². The van der Waals surface area contributed by atoms with Gasteiger partial charge in [-0.15, -0.1) is 0 Å². The summed E-state index contributed by atoms with van der Waals surface area (Å²) in [4.78, 5) is 20.8. The maximum absolute atomic E-state index is 12.8. The molecule has 3 aromatic rings. The lowest BCUT2D eigenvalue weighted by atomic mass is 9.61. The van der Waals surface area contributed by atoms with Gasteiger partial charge >= 0.3 is 0 Å². The maximum Gasteiger partial charge on any atom is 0.219 e. The molecule has 2 aromatic heterocycles. The molecule has 7 nitrogen and oxygen atoms in total. The SMILES string of the molecule is CC(=O)N1CCC(c2cc(-c3cncc([C@@](O)(c4ccc(C(C)C)cc4)C4(C)CN(CC5CC5)C4)c3)n[nH]2)CC1. The molecule has 3 aliphatic rings. The number of aromatic nitrogens is 3. The highest BCUT2D eigenvalue weighted by molar-refractivity contribution is 5.73. The standard InChI is InChI=1S/C33H43N5O2/c1-22(2)25-7-9-28(10-8-25)33(40,32(4)20-37(21-32)19-24-5-6-24)29-15-27(17-34-18-29)31-16-30(35-36-31)26-11-13-38(14-12-26)23(3)39/h7-10,15-18,22,24,26,40H,5-6,11-14,19-21H2,1-4H3,(H,35,36)/t33-/m0/s1. The predicted octanol–water partition coefficient (Wildman–Crippen LogP) is 5.29. The summed E-state index contributed by atoms with van der Waals surface area (Å²) in [5.74, 6) is 1.77. The molecule has 0 radical (unpaired) electrons. The maximum atomic E-state index is 12.8. The van der Waals surface area contributed by atoms with E-state index in [1.807, 2.05) is 17.3 Å². The number of aliphatic hydroxyl groups is 1. The number of piperidine rings is 1. The van der Waals surface area contributed by atoms with Crippen LogP contribution in [0.25, 0.3) is 11.3 Å². The number of nitrogens with zero attached hydrogens (tertiary/aromatic N) is 4. The van der Waals surface area contributed by atoms with Crippen molar-refractivity contribution in [1.82, 2.24) is 25.0 Å². The van der Waals surface area contributed by atoms with Crippen LogP contribution in [0, 0.1) is 11.3 Å². The molecule has 0 spiro atoms.